The topological polar surface area (TPSA) is 48.2 Å². The van der Waals surface area contributed by atoms with Crippen molar-refractivity contribution in [1.82, 2.24) is 0 Å². The highest BCUT2D eigenvalue weighted by atomic mass is 32.2. The summed E-state index contributed by atoms with van der Waals surface area (Å²) in [6, 6.07) is 6.30. The second-order valence-electron chi connectivity index (χ2n) is 4.11. The van der Waals surface area contributed by atoms with Gasteiger partial charge in [0.15, 0.2) is 5.17 Å². The van der Waals surface area contributed by atoms with Gasteiger partial charge >= 0.3 is 0 Å². The predicted molar refractivity (Wildman–Crippen MR) is 73.3 cm³/mol. The van der Waals surface area contributed by atoms with Gasteiger partial charge in [-0.25, -0.2) is 4.39 Å². The molecule has 0 radical (unpaired) electrons. The van der Waals surface area contributed by atoms with Crippen LogP contribution in [0.2, 0.25) is 0 Å². The molecule has 1 N–H and O–H groups in total. The first-order valence-electron chi connectivity index (χ1n) is 5.90. The quantitative estimate of drug-likeness (QED) is 0.909. The molecule has 0 aromatic heterocycles. The van der Waals surface area contributed by atoms with Gasteiger partial charge in [-0.3, -0.25) is 4.99 Å². The summed E-state index contributed by atoms with van der Waals surface area (Å²) in [5.74, 6) is -0.420. The molecule has 1 atom stereocenters. The monoisotopic (exact) mass is 263 g/mol. The smallest absolute Gasteiger partial charge is 0.161 e. The van der Waals surface area contributed by atoms with Crippen LogP contribution in [0.15, 0.2) is 23.2 Å². The van der Waals surface area contributed by atoms with Gasteiger partial charge in [0.2, 0.25) is 0 Å². The summed E-state index contributed by atoms with van der Waals surface area (Å²) in [6.45, 7) is 2.94. The van der Waals surface area contributed by atoms with E-state index in [1.165, 1.54) is 6.07 Å². The van der Waals surface area contributed by atoms with Crippen molar-refractivity contribution in [1.29, 1.82) is 5.26 Å². The Balaban J connectivity index is 2.01. The molecule has 1 aromatic rings. The first-order valence-corrected chi connectivity index (χ1v) is 6.78. The van der Waals surface area contributed by atoms with Crippen LogP contribution < -0.4 is 5.32 Å². The van der Waals surface area contributed by atoms with Crippen LogP contribution in [0.3, 0.4) is 0 Å². The van der Waals surface area contributed by atoms with Gasteiger partial charge < -0.3 is 5.32 Å². The third-order valence-electron chi connectivity index (χ3n) is 2.67. The lowest BCUT2D eigenvalue weighted by molar-refractivity contribution is 0.632. The predicted octanol–water partition coefficient (Wildman–Crippen LogP) is 3.38. The number of rotatable bonds is 3. The lowest BCUT2D eigenvalue weighted by atomic mass is 10.2. The van der Waals surface area contributed by atoms with Crippen LogP contribution in [0.25, 0.3) is 0 Å². The number of nitrogens with one attached hydrogen (secondary N) is 1. The van der Waals surface area contributed by atoms with Crippen molar-refractivity contribution in [3.63, 3.8) is 0 Å². The fraction of sp³-hybridized carbons (Fsp3) is 0.385. The lowest BCUT2D eigenvalue weighted by Gasteiger charge is -2.08. The van der Waals surface area contributed by atoms with Gasteiger partial charge in [0.1, 0.15) is 5.82 Å². The normalized spacial score (nSPS) is 18.3. The molecule has 0 amide bonds. The number of halogens is 1. The van der Waals surface area contributed by atoms with Crippen LogP contribution in [0, 0.1) is 17.1 Å². The van der Waals surface area contributed by atoms with E-state index in [4.69, 9.17) is 5.26 Å². The average Bonchev–Trinajstić information content (AvgIpc) is 2.80. The third kappa shape index (κ3) is 3.02. The van der Waals surface area contributed by atoms with Crippen LogP contribution in [-0.4, -0.2) is 17.0 Å². The van der Waals surface area contributed by atoms with Crippen molar-refractivity contribution in [3.05, 3.63) is 29.6 Å². The van der Waals surface area contributed by atoms with Crippen molar-refractivity contribution in [2.45, 2.75) is 25.0 Å². The minimum atomic E-state index is -0.420. The summed E-state index contributed by atoms with van der Waals surface area (Å²) in [5.41, 5.74) is 0.695. The second-order valence-corrected chi connectivity index (χ2v) is 5.39. The second kappa shape index (κ2) is 5.87. The zero-order valence-electron chi connectivity index (χ0n) is 10.1. The van der Waals surface area contributed by atoms with Crippen molar-refractivity contribution >= 4 is 22.6 Å². The Hall–Kier alpha value is -1.54. The molecule has 0 spiro atoms. The Labute approximate surface area is 110 Å². The van der Waals surface area contributed by atoms with Crippen LogP contribution in [0.4, 0.5) is 10.1 Å². The van der Waals surface area contributed by atoms with Crippen molar-refractivity contribution in [2.24, 2.45) is 4.99 Å². The summed E-state index contributed by atoms with van der Waals surface area (Å²) >= 11 is 1.66. The lowest BCUT2D eigenvalue weighted by Crippen LogP contribution is -2.08. The minimum absolute atomic E-state index is 0.322. The first-order chi connectivity index (χ1) is 8.72. The zero-order chi connectivity index (χ0) is 13.0. The van der Waals surface area contributed by atoms with Crippen LogP contribution >= 0.6 is 11.8 Å². The average molecular weight is 263 g/mol. The minimum Gasteiger partial charge on any atom is -0.333 e. The highest BCUT2D eigenvalue weighted by molar-refractivity contribution is 8.15. The summed E-state index contributed by atoms with van der Waals surface area (Å²) in [4.78, 5) is 4.35. The fourth-order valence-electron chi connectivity index (χ4n) is 1.76. The van der Waals surface area contributed by atoms with E-state index in [9.17, 15) is 4.39 Å². The summed E-state index contributed by atoms with van der Waals surface area (Å²) in [6.07, 6.45) is 2.25. The third-order valence-corrected chi connectivity index (χ3v) is 3.84. The van der Waals surface area contributed by atoms with Gasteiger partial charge in [-0.05, 0) is 24.6 Å². The fourth-order valence-corrected chi connectivity index (χ4v) is 2.90. The number of thioether (sulfide) groups is 1. The molecule has 1 aromatic carbocycles. The SMILES string of the molecule is CCCC1CN=C(Nc2ccc(C#N)cc2F)S1. The number of aliphatic imine (C=N–C) groups is 1. The highest BCUT2D eigenvalue weighted by Gasteiger charge is 2.19. The molecule has 0 saturated heterocycles. The summed E-state index contributed by atoms with van der Waals surface area (Å²) in [7, 11) is 0. The number of nitrogens with zero attached hydrogens (tertiary/aromatic N) is 2. The standard InChI is InChI=1S/C13H14FN3S/c1-2-3-10-8-16-13(18-10)17-12-5-4-9(7-15)6-11(12)14/h4-6,10H,2-3,8H2,1H3,(H,16,17). The molecular formula is C13H14FN3S. The van der Waals surface area contributed by atoms with Crippen LogP contribution in [0.5, 0.6) is 0 Å². The van der Waals surface area contributed by atoms with Gasteiger partial charge in [0.05, 0.1) is 23.9 Å². The Bertz CT molecular complexity index is 507. The number of amidine groups is 1. The van der Waals surface area contributed by atoms with E-state index in [1.807, 2.05) is 6.07 Å². The van der Waals surface area contributed by atoms with E-state index in [0.717, 1.165) is 24.6 Å². The van der Waals surface area contributed by atoms with E-state index in [0.29, 0.717) is 16.5 Å². The molecular weight excluding hydrogens is 249 g/mol. The molecule has 94 valence electrons. The summed E-state index contributed by atoms with van der Waals surface area (Å²) in [5, 5.41) is 12.9. The molecule has 0 fully saturated rings. The van der Waals surface area contributed by atoms with E-state index in [-0.39, 0.29) is 0 Å². The molecule has 18 heavy (non-hydrogen) atoms. The number of anilines is 1. The van der Waals surface area contributed by atoms with Crippen LogP contribution in [0.1, 0.15) is 25.3 Å². The molecule has 5 heteroatoms. The van der Waals surface area contributed by atoms with Crippen molar-refractivity contribution in [2.75, 3.05) is 11.9 Å². The van der Waals surface area contributed by atoms with Gasteiger partial charge in [0.25, 0.3) is 0 Å². The molecule has 1 unspecified atom stereocenters. The van der Waals surface area contributed by atoms with E-state index in [2.05, 4.69) is 17.2 Å². The van der Waals surface area contributed by atoms with Gasteiger partial charge in [-0.1, -0.05) is 25.1 Å². The molecule has 1 aliphatic heterocycles. The maximum Gasteiger partial charge on any atom is 0.161 e. The van der Waals surface area contributed by atoms with E-state index >= 15 is 0 Å². The molecule has 0 saturated carbocycles. The Morgan fingerprint density at radius 2 is 2.44 bits per heavy atom. The highest BCUT2D eigenvalue weighted by Crippen LogP contribution is 2.26. The Morgan fingerprint density at radius 3 is 3.11 bits per heavy atom. The molecule has 0 bridgehead atoms. The van der Waals surface area contributed by atoms with Gasteiger partial charge in [-0.2, -0.15) is 5.26 Å². The first kappa shape index (κ1) is 12.9. The number of benzene rings is 1. The molecule has 3 nitrogen and oxygen atoms in total. The Morgan fingerprint density at radius 1 is 1.61 bits per heavy atom. The maximum atomic E-state index is 13.7. The Kier molecular flexibility index (Phi) is 4.21. The molecule has 1 heterocycles. The largest absolute Gasteiger partial charge is 0.333 e. The number of nitriles is 1. The zero-order valence-corrected chi connectivity index (χ0v) is 10.9. The van der Waals surface area contributed by atoms with Crippen molar-refractivity contribution < 1.29 is 4.39 Å². The molecule has 2 rings (SSSR count). The van der Waals surface area contributed by atoms with E-state index < -0.39 is 5.82 Å². The van der Waals surface area contributed by atoms with Gasteiger partial charge in [0, 0.05) is 5.25 Å². The van der Waals surface area contributed by atoms with E-state index in [1.54, 1.807) is 23.9 Å². The van der Waals surface area contributed by atoms with Gasteiger partial charge in [-0.15, -0.1) is 0 Å². The van der Waals surface area contributed by atoms with Crippen LogP contribution in [-0.2, 0) is 0 Å². The van der Waals surface area contributed by atoms with Crippen molar-refractivity contribution in [3.8, 4) is 6.07 Å². The molecule has 1 aliphatic rings. The molecule has 0 aliphatic carbocycles. The number of hydrogen-bond acceptors (Lipinski definition) is 4. The maximum absolute atomic E-state index is 13.7. The number of hydrogen-bond donors (Lipinski definition) is 1. The summed E-state index contributed by atoms with van der Waals surface area (Å²) < 4.78 is 13.7.